The zero-order valence-electron chi connectivity index (χ0n) is 19.7. The summed E-state index contributed by atoms with van der Waals surface area (Å²) >= 11 is 8.46. The zero-order chi connectivity index (χ0) is 26.3. The fourth-order valence-corrected chi connectivity index (χ4v) is 7.39. The maximum absolute atomic E-state index is 13.7. The van der Waals surface area contributed by atoms with E-state index >= 15 is 0 Å². The van der Waals surface area contributed by atoms with E-state index in [9.17, 15) is 24.6 Å². The number of halogens is 2. The topological polar surface area (TPSA) is 108 Å². The van der Waals surface area contributed by atoms with Crippen LogP contribution in [0.25, 0.3) is 0 Å². The third kappa shape index (κ3) is 4.71. The minimum absolute atomic E-state index is 0.00844. The molecule has 5 rings (SSSR count). The van der Waals surface area contributed by atoms with E-state index in [2.05, 4.69) is 5.32 Å². The van der Waals surface area contributed by atoms with Crippen molar-refractivity contribution in [3.8, 4) is 5.75 Å². The van der Waals surface area contributed by atoms with Crippen LogP contribution in [-0.2, 0) is 0 Å². The third-order valence-corrected chi connectivity index (χ3v) is 9.06. The number of fused-ring (bicyclic) bond motifs is 3. The van der Waals surface area contributed by atoms with Gasteiger partial charge in [-0.25, -0.2) is 4.39 Å². The molecule has 0 radical (unpaired) electrons. The summed E-state index contributed by atoms with van der Waals surface area (Å²) in [5, 5.41) is 26.3. The quantitative estimate of drug-likeness (QED) is 0.193. The summed E-state index contributed by atoms with van der Waals surface area (Å²) < 4.78 is 19.4. The number of rotatable bonds is 7. The Balaban J connectivity index is 1.61. The van der Waals surface area contributed by atoms with Crippen molar-refractivity contribution in [1.82, 2.24) is 0 Å². The van der Waals surface area contributed by atoms with E-state index in [-0.39, 0.29) is 40.3 Å². The summed E-state index contributed by atoms with van der Waals surface area (Å²) in [5.74, 6) is -0.396. The first-order chi connectivity index (χ1) is 17.8. The Morgan fingerprint density at radius 2 is 1.78 bits per heavy atom. The molecule has 1 N–H and O–H groups in total. The van der Waals surface area contributed by atoms with Crippen LogP contribution in [0.2, 0.25) is 0 Å². The van der Waals surface area contributed by atoms with Crippen LogP contribution in [-0.4, -0.2) is 27.1 Å². The predicted octanol–water partition coefficient (Wildman–Crippen LogP) is 7.08. The average Bonchev–Trinajstić information content (AvgIpc) is 3.20. The minimum Gasteiger partial charge on any atom is -0.494 e. The molecule has 2 aliphatic rings. The molecule has 11 heteroatoms. The SMILES string of the molecule is CCOc1cc2c(c([N+](=O)[O-])c1)N[C@@H](c1ccc(F)cc1)[C@H]1C[C@@H](Sc3ccccc3[N+](=O)[O-])[C@@H](Cl)[C@H]21. The van der Waals surface area contributed by atoms with Crippen molar-refractivity contribution in [2.45, 2.75) is 40.8 Å². The van der Waals surface area contributed by atoms with Crippen LogP contribution in [0, 0.1) is 32.0 Å². The molecule has 1 aliphatic carbocycles. The van der Waals surface area contributed by atoms with Crippen molar-refractivity contribution >= 4 is 40.4 Å². The highest BCUT2D eigenvalue weighted by molar-refractivity contribution is 8.00. The highest BCUT2D eigenvalue weighted by Gasteiger charge is 2.52. The lowest BCUT2D eigenvalue weighted by atomic mass is 9.77. The Kier molecular flexibility index (Phi) is 6.96. The standard InChI is InChI=1S/C26H23ClFN3O5S/c1-2-36-16-11-17-23-18(13-22(24(23)27)37-21-6-4-3-5-19(21)30(32)33)25(14-7-9-15(28)10-8-14)29-26(17)20(12-16)31(34)35/h3-12,18,22-25,29H,2,13H2,1H3/t18-,22+,23+,24+,25-/m0/s1. The first kappa shape index (κ1) is 25.3. The van der Waals surface area contributed by atoms with Crippen LogP contribution in [0.4, 0.5) is 21.5 Å². The van der Waals surface area contributed by atoms with Crippen molar-refractivity contribution in [3.05, 3.63) is 97.8 Å². The van der Waals surface area contributed by atoms with Crippen LogP contribution in [0.1, 0.15) is 36.4 Å². The first-order valence-corrected chi connectivity index (χ1v) is 13.1. The number of nitrogens with one attached hydrogen (secondary N) is 1. The van der Waals surface area contributed by atoms with Crippen LogP contribution in [0.3, 0.4) is 0 Å². The molecule has 0 aromatic heterocycles. The molecular weight excluding hydrogens is 521 g/mol. The third-order valence-electron chi connectivity index (χ3n) is 6.95. The normalized spacial score (nSPS) is 24.0. The Morgan fingerprint density at radius 1 is 1.08 bits per heavy atom. The van der Waals surface area contributed by atoms with Crippen molar-refractivity contribution in [2.75, 3.05) is 11.9 Å². The van der Waals surface area contributed by atoms with Gasteiger partial charge in [0.2, 0.25) is 0 Å². The molecule has 0 bridgehead atoms. The highest BCUT2D eigenvalue weighted by Crippen LogP contribution is 2.59. The molecule has 3 aromatic carbocycles. The molecule has 1 saturated carbocycles. The molecule has 0 amide bonds. The number of nitro benzene ring substituents is 2. The number of nitrogens with zero attached hydrogens (tertiary/aromatic N) is 2. The van der Waals surface area contributed by atoms with Gasteiger partial charge < -0.3 is 10.1 Å². The van der Waals surface area contributed by atoms with Gasteiger partial charge in [0.05, 0.1) is 38.8 Å². The maximum Gasteiger partial charge on any atom is 0.296 e. The second kappa shape index (κ2) is 10.2. The molecule has 1 heterocycles. The second-order valence-corrected chi connectivity index (χ2v) is 10.8. The second-order valence-electron chi connectivity index (χ2n) is 9.02. The number of nitro groups is 2. The lowest BCUT2D eigenvalue weighted by Gasteiger charge is -2.38. The van der Waals surface area contributed by atoms with Gasteiger partial charge >= 0.3 is 0 Å². The van der Waals surface area contributed by atoms with Crippen molar-refractivity contribution in [3.63, 3.8) is 0 Å². The van der Waals surface area contributed by atoms with Crippen LogP contribution >= 0.6 is 23.4 Å². The van der Waals surface area contributed by atoms with Crippen molar-refractivity contribution in [1.29, 1.82) is 0 Å². The lowest BCUT2D eigenvalue weighted by molar-refractivity contribution is -0.387. The summed E-state index contributed by atoms with van der Waals surface area (Å²) in [7, 11) is 0. The monoisotopic (exact) mass is 543 g/mol. The summed E-state index contributed by atoms with van der Waals surface area (Å²) in [4.78, 5) is 23.3. The molecule has 0 saturated heterocycles. The van der Waals surface area contributed by atoms with E-state index in [1.165, 1.54) is 36.0 Å². The molecule has 37 heavy (non-hydrogen) atoms. The fraction of sp³-hybridized carbons (Fsp3) is 0.308. The van der Waals surface area contributed by atoms with Gasteiger partial charge in [-0.15, -0.1) is 23.4 Å². The number of hydrogen-bond acceptors (Lipinski definition) is 7. The van der Waals surface area contributed by atoms with Crippen molar-refractivity contribution in [2.24, 2.45) is 5.92 Å². The number of para-hydroxylation sites is 1. The molecule has 0 spiro atoms. The van der Waals surface area contributed by atoms with Crippen LogP contribution in [0.15, 0.2) is 65.6 Å². The molecule has 3 aromatic rings. The number of benzene rings is 3. The maximum atomic E-state index is 13.7. The van der Waals surface area contributed by atoms with E-state index in [0.717, 1.165) is 5.56 Å². The van der Waals surface area contributed by atoms with Gasteiger partial charge in [0, 0.05) is 17.2 Å². The zero-order valence-corrected chi connectivity index (χ0v) is 21.2. The molecule has 0 unspecified atom stereocenters. The van der Waals surface area contributed by atoms with E-state index < -0.39 is 15.2 Å². The largest absolute Gasteiger partial charge is 0.494 e. The predicted molar refractivity (Wildman–Crippen MR) is 140 cm³/mol. The van der Waals surface area contributed by atoms with Gasteiger partial charge in [0.25, 0.3) is 11.4 Å². The Labute approximate surface area is 221 Å². The Morgan fingerprint density at radius 3 is 2.46 bits per heavy atom. The summed E-state index contributed by atoms with van der Waals surface area (Å²) in [6.07, 6.45) is 0.594. The lowest BCUT2D eigenvalue weighted by Crippen LogP contribution is -2.31. The fourth-order valence-electron chi connectivity index (χ4n) is 5.44. The van der Waals surface area contributed by atoms with Crippen LogP contribution in [0.5, 0.6) is 5.75 Å². The molecule has 1 fully saturated rings. The molecule has 192 valence electrons. The highest BCUT2D eigenvalue weighted by atomic mass is 35.5. The van der Waals surface area contributed by atoms with E-state index in [1.54, 1.807) is 43.3 Å². The van der Waals surface area contributed by atoms with Gasteiger partial charge in [-0.2, -0.15) is 0 Å². The molecule has 1 aliphatic heterocycles. The van der Waals surface area contributed by atoms with Gasteiger partial charge in [-0.05, 0) is 54.7 Å². The van der Waals surface area contributed by atoms with Crippen molar-refractivity contribution < 1.29 is 19.0 Å². The number of alkyl halides is 1. The average molecular weight is 544 g/mol. The summed E-state index contributed by atoms with van der Waals surface area (Å²) in [6.45, 7) is 2.15. The van der Waals surface area contributed by atoms with Gasteiger partial charge in [-0.1, -0.05) is 24.3 Å². The smallest absolute Gasteiger partial charge is 0.296 e. The molecular formula is C26H23ClFN3O5S. The van der Waals surface area contributed by atoms with Gasteiger partial charge in [-0.3, -0.25) is 20.2 Å². The number of ether oxygens (including phenoxy) is 1. The van der Waals surface area contributed by atoms with Gasteiger partial charge in [0.1, 0.15) is 17.3 Å². The first-order valence-electron chi connectivity index (χ1n) is 11.8. The van der Waals surface area contributed by atoms with Crippen LogP contribution < -0.4 is 10.1 Å². The number of anilines is 1. The Bertz CT molecular complexity index is 1360. The minimum atomic E-state index is -0.477. The van der Waals surface area contributed by atoms with E-state index in [1.807, 2.05) is 0 Å². The summed E-state index contributed by atoms with van der Waals surface area (Å²) in [6, 6.07) is 15.4. The van der Waals surface area contributed by atoms with E-state index in [0.29, 0.717) is 34.9 Å². The molecule has 5 atom stereocenters. The summed E-state index contributed by atoms with van der Waals surface area (Å²) in [5.41, 5.74) is 1.72. The molecule has 8 nitrogen and oxygen atoms in total. The number of thioether (sulfide) groups is 1. The van der Waals surface area contributed by atoms with E-state index in [4.69, 9.17) is 16.3 Å². The van der Waals surface area contributed by atoms with Gasteiger partial charge in [0.15, 0.2) is 0 Å². The number of hydrogen-bond donors (Lipinski definition) is 1. The Hall–Kier alpha value is -3.37.